The van der Waals surface area contributed by atoms with Crippen molar-refractivity contribution in [2.75, 3.05) is 13.2 Å². The van der Waals surface area contributed by atoms with E-state index in [2.05, 4.69) is 5.32 Å². The molecule has 3 heteroatoms. The summed E-state index contributed by atoms with van der Waals surface area (Å²) in [6.45, 7) is 9.10. The van der Waals surface area contributed by atoms with Gasteiger partial charge in [-0.25, -0.2) is 0 Å². The summed E-state index contributed by atoms with van der Waals surface area (Å²) in [7, 11) is 0. The van der Waals surface area contributed by atoms with E-state index in [1.165, 1.54) is 0 Å². The lowest BCUT2D eigenvalue weighted by Crippen LogP contribution is -2.39. The summed E-state index contributed by atoms with van der Waals surface area (Å²) in [4.78, 5) is 11.3. The number of hydrogen-bond donors (Lipinski definition) is 1. The molecular formula is C10H21NO2. The summed E-state index contributed by atoms with van der Waals surface area (Å²) >= 11 is 0. The van der Waals surface area contributed by atoms with Gasteiger partial charge in [0.25, 0.3) is 0 Å². The maximum atomic E-state index is 11.3. The van der Waals surface area contributed by atoms with E-state index in [0.29, 0.717) is 13.2 Å². The Morgan fingerprint density at radius 3 is 2.38 bits per heavy atom. The minimum atomic E-state index is 0.0516. The number of amides is 1. The zero-order valence-electron chi connectivity index (χ0n) is 9.09. The molecule has 0 aliphatic rings. The SMILES string of the molecule is CCOCC(CC)NC(=O)C(C)C. The van der Waals surface area contributed by atoms with E-state index in [4.69, 9.17) is 4.74 Å². The number of rotatable bonds is 6. The smallest absolute Gasteiger partial charge is 0.222 e. The normalized spacial score (nSPS) is 13.0. The van der Waals surface area contributed by atoms with E-state index in [1.807, 2.05) is 27.7 Å². The fourth-order valence-corrected chi connectivity index (χ4v) is 0.890. The molecule has 3 nitrogen and oxygen atoms in total. The van der Waals surface area contributed by atoms with Crippen LogP contribution in [0.4, 0.5) is 0 Å². The Hall–Kier alpha value is -0.570. The summed E-state index contributed by atoms with van der Waals surface area (Å²) in [5.74, 6) is 0.155. The van der Waals surface area contributed by atoms with Gasteiger partial charge >= 0.3 is 0 Å². The quantitative estimate of drug-likeness (QED) is 0.685. The molecule has 78 valence electrons. The molecule has 0 heterocycles. The predicted octanol–water partition coefficient (Wildman–Crippen LogP) is 1.57. The van der Waals surface area contributed by atoms with Gasteiger partial charge in [0.2, 0.25) is 5.91 Å². The van der Waals surface area contributed by atoms with Crippen molar-refractivity contribution in [1.82, 2.24) is 5.32 Å². The highest BCUT2D eigenvalue weighted by Gasteiger charge is 2.12. The lowest BCUT2D eigenvalue weighted by atomic mass is 10.1. The number of hydrogen-bond acceptors (Lipinski definition) is 2. The summed E-state index contributed by atoms with van der Waals surface area (Å²) in [5.41, 5.74) is 0. The third-order valence-corrected chi connectivity index (χ3v) is 1.89. The average Bonchev–Trinajstić information content (AvgIpc) is 2.11. The minimum absolute atomic E-state index is 0.0516. The van der Waals surface area contributed by atoms with Crippen molar-refractivity contribution >= 4 is 5.91 Å². The van der Waals surface area contributed by atoms with Gasteiger partial charge in [0, 0.05) is 12.5 Å². The molecule has 1 amide bonds. The van der Waals surface area contributed by atoms with Crippen molar-refractivity contribution in [1.29, 1.82) is 0 Å². The van der Waals surface area contributed by atoms with Gasteiger partial charge in [0.05, 0.1) is 12.6 Å². The number of carbonyl (C=O) groups excluding carboxylic acids is 1. The van der Waals surface area contributed by atoms with E-state index >= 15 is 0 Å². The Morgan fingerprint density at radius 2 is 2.00 bits per heavy atom. The third-order valence-electron chi connectivity index (χ3n) is 1.89. The number of ether oxygens (including phenoxy) is 1. The van der Waals surface area contributed by atoms with Crippen LogP contribution in [0.15, 0.2) is 0 Å². The Labute approximate surface area is 80.8 Å². The first kappa shape index (κ1) is 12.4. The minimum Gasteiger partial charge on any atom is -0.380 e. The summed E-state index contributed by atoms with van der Waals surface area (Å²) in [6, 6.07) is 0.162. The Kier molecular flexibility index (Phi) is 6.59. The van der Waals surface area contributed by atoms with Gasteiger partial charge in [0.15, 0.2) is 0 Å². The van der Waals surface area contributed by atoms with Crippen LogP contribution in [0.2, 0.25) is 0 Å². The van der Waals surface area contributed by atoms with Gasteiger partial charge in [-0.3, -0.25) is 4.79 Å². The molecular weight excluding hydrogens is 166 g/mol. The molecule has 0 aromatic rings. The fraction of sp³-hybridized carbons (Fsp3) is 0.900. The molecule has 0 aliphatic heterocycles. The van der Waals surface area contributed by atoms with Gasteiger partial charge in [-0.2, -0.15) is 0 Å². The zero-order chi connectivity index (χ0) is 10.3. The molecule has 13 heavy (non-hydrogen) atoms. The summed E-state index contributed by atoms with van der Waals surface area (Å²) in [6.07, 6.45) is 0.915. The second-order valence-electron chi connectivity index (χ2n) is 3.43. The first-order valence-corrected chi connectivity index (χ1v) is 4.99. The van der Waals surface area contributed by atoms with Gasteiger partial charge in [0.1, 0.15) is 0 Å². The van der Waals surface area contributed by atoms with Crippen LogP contribution in [0.25, 0.3) is 0 Å². The summed E-state index contributed by atoms with van der Waals surface area (Å²) in [5, 5.41) is 2.94. The van der Waals surface area contributed by atoms with Crippen LogP contribution in [-0.4, -0.2) is 25.2 Å². The van der Waals surface area contributed by atoms with Crippen molar-refractivity contribution < 1.29 is 9.53 Å². The van der Waals surface area contributed by atoms with Crippen molar-refractivity contribution in [3.8, 4) is 0 Å². The highest BCUT2D eigenvalue weighted by Crippen LogP contribution is 1.97. The number of nitrogens with one attached hydrogen (secondary N) is 1. The third kappa shape index (κ3) is 5.64. The van der Waals surface area contributed by atoms with E-state index in [1.54, 1.807) is 0 Å². The summed E-state index contributed by atoms with van der Waals surface area (Å²) < 4.78 is 5.25. The monoisotopic (exact) mass is 187 g/mol. The predicted molar refractivity (Wildman–Crippen MR) is 53.6 cm³/mol. The molecule has 0 spiro atoms. The Bertz CT molecular complexity index is 146. The fourth-order valence-electron chi connectivity index (χ4n) is 0.890. The molecule has 0 fully saturated rings. The molecule has 1 atom stereocenters. The van der Waals surface area contributed by atoms with Crippen molar-refractivity contribution in [3.05, 3.63) is 0 Å². The molecule has 1 unspecified atom stereocenters. The molecule has 0 radical (unpaired) electrons. The van der Waals surface area contributed by atoms with Crippen LogP contribution in [0.5, 0.6) is 0 Å². The van der Waals surface area contributed by atoms with Crippen molar-refractivity contribution in [2.24, 2.45) is 5.92 Å². The Balaban J connectivity index is 3.76. The molecule has 0 aromatic heterocycles. The zero-order valence-corrected chi connectivity index (χ0v) is 9.09. The molecule has 0 rings (SSSR count). The Morgan fingerprint density at radius 1 is 1.38 bits per heavy atom. The largest absolute Gasteiger partial charge is 0.380 e. The van der Waals surface area contributed by atoms with E-state index in [-0.39, 0.29) is 17.9 Å². The highest BCUT2D eigenvalue weighted by molar-refractivity contribution is 5.78. The van der Waals surface area contributed by atoms with Gasteiger partial charge in [-0.1, -0.05) is 20.8 Å². The molecule has 0 saturated carbocycles. The first-order chi connectivity index (χ1) is 6.11. The van der Waals surface area contributed by atoms with E-state index < -0.39 is 0 Å². The van der Waals surface area contributed by atoms with Crippen LogP contribution in [0.3, 0.4) is 0 Å². The van der Waals surface area contributed by atoms with Crippen molar-refractivity contribution in [2.45, 2.75) is 40.2 Å². The van der Waals surface area contributed by atoms with Crippen LogP contribution >= 0.6 is 0 Å². The van der Waals surface area contributed by atoms with E-state index in [9.17, 15) is 4.79 Å². The number of carbonyl (C=O) groups is 1. The first-order valence-electron chi connectivity index (χ1n) is 4.99. The molecule has 0 saturated heterocycles. The lowest BCUT2D eigenvalue weighted by molar-refractivity contribution is -0.125. The van der Waals surface area contributed by atoms with Crippen LogP contribution in [0, 0.1) is 5.92 Å². The maximum Gasteiger partial charge on any atom is 0.222 e. The van der Waals surface area contributed by atoms with Gasteiger partial charge in [-0.15, -0.1) is 0 Å². The highest BCUT2D eigenvalue weighted by atomic mass is 16.5. The van der Waals surface area contributed by atoms with Crippen molar-refractivity contribution in [3.63, 3.8) is 0 Å². The van der Waals surface area contributed by atoms with E-state index in [0.717, 1.165) is 6.42 Å². The lowest BCUT2D eigenvalue weighted by Gasteiger charge is -2.17. The molecule has 1 N–H and O–H groups in total. The van der Waals surface area contributed by atoms with Crippen LogP contribution in [0.1, 0.15) is 34.1 Å². The second kappa shape index (κ2) is 6.89. The van der Waals surface area contributed by atoms with Gasteiger partial charge in [-0.05, 0) is 13.3 Å². The standard InChI is InChI=1S/C10H21NO2/c1-5-9(7-13-6-2)11-10(12)8(3)4/h8-9H,5-7H2,1-4H3,(H,11,12). The van der Waals surface area contributed by atoms with Crippen LogP contribution < -0.4 is 5.32 Å². The molecule has 0 bridgehead atoms. The van der Waals surface area contributed by atoms with Gasteiger partial charge < -0.3 is 10.1 Å². The molecule has 0 aliphatic carbocycles. The topological polar surface area (TPSA) is 38.3 Å². The second-order valence-corrected chi connectivity index (χ2v) is 3.43. The maximum absolute atomic E-state index is 11.3. The molecule has 0 aromatic carbocycles. The average molecular weight is 187 g/mol. The van der Waals surface area contributed by atoms with Crippen LogP contribution in [-0.2, 0) is 9.53 Å².